The molecule has 2 aliphatic carbocycles. The quantitative estimate of drug-likeness (QED) is 0.0996. The van der Waals surface area contributed by atoms with Crippen LogP contribution in [-0.4, -0.2) is 0 Å². The van der Waals surface area contributed by atoms with Crippen molar-refractivity contribution in [2.45, 2.75) is 109 Å². The standard InChI is InChI=1S/C40H45F7O/c1-3-5-7-8-25-10-12-26(13-11-25)27-14-16-28(17-15-27)29-18-19-32(34(41)20-29)30-21-37(44)39(38(45)22-30)40(46,47)48-31-23-35(42)33(9-6-4-2)36(43)24-31/h4,18-28H,2-3,5-17H2,1H3. The summed E-state index contributed by atoms with van der Waals surface area (Å²) in [5.41, 5.74) is -1.66. The van der Waals surface area contributed by atoms with Crippen molar-refractivity contribution in [3.05, 3.63) is 101 Å². The summed E-state index contributed by atoms with van der Waals surface area (Å²) in [4.78, 5) is 0. The predicted molar refractivity (Wildman–Crippen MR) is 175 cm³/mol. The first kappa shape index (κ1) is 36.0. The smallest absolute Gasteiger partial charge is 0.429 e. The van der Waals surface area contributed by atoms with Crippen LogP contribution in [0.1, 0.15) is 113 Å². The number of alkyl halides is 2. The fourth-order valence-corrected chi connectivity index (χ4v) is 7.90. The number of hydrogen-bond acceptors (Lipinski definition) is 1. The molecule has 0 atom stereocenters. The molecule has 2 saturated carbocycles. The Kier molecular flexibility index (Phi) is 12.0. The maximum absolute atomic E-state index is 15.4. The van der Waals surface area contributed by atoms with Gasteiger partial charge in [-0.05, 0) is 104 Å². The third-order valence-electron chi connectivity index (χ3n) is 10.6. The van der Waals surface area contributed by atoms with Gasteiger partial charge in [0.15, 0.2) is 0 Å². The molecule has 0 heterocycles. The molecule has 0 aliphatic heterocycles. The van der Waals surface area contributed by atoms with Crippen molar-refractivity contribution in [3.63, 3.8) is 0 Å². The normalized spacial score (nSPS) is 21.7. The van der Waals surface area contributed by atoms with Gasteiger partial charge >= 0.3 is 6.11 Å². The Balaban J connectivity index is 1.22. The number of halogens is 7. The zero-order valence-corrected chi connectivity index (χ0v) is 27.6. The molecular formula is C40H45F7O. The second-order valence-corrected chi connectivity index (χ2v) is 13.8. The van der Waals surface area contributed by atoms with Crippen LogP contribution in [-0.2, 0) is 12.5 Å². The molecule has 2 fully saturated rings. The molecule has 3 aromatic rings. The fraction of sp³-hybridized carbons (Fsp3) is 0.500. The van der Waals surface area contributed by atoms with E-state index in [1.165, 1.54) is 69.6 Å². The van der Waals surface area contributed by atoms with Gasteiger partial charge in [-0.1, -0.05) is 63.7 Å². The average molecular weight is 675 g/mol. The van der Waals surface area contributed by atoms with E-state index in [2.05, 4.69) is 18.2 Å². The zero-order valence-electron chi connectivity index (χ0n) is 27.6. The predicted octanol–water partition coefficient (Wildman–Crippen LogP) is 13.0. The Bertz CT molecular complexity index is 1510. The van der Waals surface area contributed by atoms with E-state index in [0.717, 1.165) is 43.1 Å². The van der Waals surface area contributed by atoms with Crippen molar-refractivity contribution >= 4 is 0 Å². The summed E-state index contributed by atoms with van der Waals surface area (Å²) in [6.45, 7) is 5.71. The van der Waals surface area contributed by atoms with Crippen LogP contribution in [0, 0.1) is 46.8 Å². The molecule has 0 aromatic heterocycles. The fourth-order valence-electron chi connectivity index (χ4n) is 7.90. The van der Waals surface area contributed by atoms with Crippen LogP contribution in [0.3, 0.4) is 0 Å². The van der Waals surface area contributed by atoms with Gasteiger partial charge in [0, 0.05) is 23.3 Å². The van der Waals surface area contributed by atoms with Crippen LogP contribution >= 0.6 is 0 Å². The topological polar surface area (TPSA) is 9.23 Å². The first-order valence-corrected chi connectivity index (χ1v) is 17.5. The SMILES string of the molecule is C=CCCc1c(F)cc(OC(F)(F)c2c(F)cc(-c3ccc(C4CCC(C5CCC(CCCCC)CC5)CC4)cc3F)cc2F)cc1F. The molecule has 8 heteroatoms. The van der Waals surface area contributed by atoms with Crippen LogP contribution in [0.5, 0.6) is 5.75 Å². The van der Waals surface area contributed by atoms with E-state index in [4.69, 9.17) is 0 Å². The second-order valence-electron chi connectivity index (χ2n) is 13.8. The summed E-state index contributed by atoms with van der Waals surface area (Å²) in [5, 5.41) is 0. The van der Waals surface area contributed by atoms with Crippen LogP contribution < -0.4 is 4.74 Å². The van der Waals surface area contributed by atoms with Crippen molar-refractivity contribution in [1.29, 1.82) is 0 Å². The maximum Gasteiger partial charge on any atom is 0.432 e. The molecule has 0 spiro atoms. The molecule has 5 rings (SSSR count). The lowest BCUT2D eigenvalue weighted by Gasteiger charge is -2.38. The minimum Gasteiger partial charge on any atom is -0.429 e. The molecule has 48 heavy (non-hydrogen) atoms. The average Bonchev–Trinajstić information content (AvgIpc) is 3.04. The van der Waals surface area contributed by atoms with E-state index >= 15 is 13.2 Å². The number of ether oxygens (including phenoxy) is 1. The van der Waals surface area contributed by atoms with Crippen LogP contribution in [0.2, 0.25) is 0 Å². The summed E-state index contributed by atoms with van der Waals surface area (Å²) in [6.07, 6.45) is 11.7. The first-order valence-electron chi connectivity index (χ1n) is 17.5. The lowest BCUT2D eigenvalue weighted by atomic mass is 9.68. The van der Waals surface area contributed by atoms with Crippen molar-refractivity contribution in [2.24, 2.45) is 17.8 Å². The first-order chi connectivity index (χ1) is 23.0. The number of allylic oxidation sites excluding steroid dienone is 1. The summed E-state index contributed by atoms with van der Waals surface area (Å²) < 4.78 is 109. The summed E-state index contributed by atoms with van der Waals surface area (Å²) >= 11 is 0. The van der Waals surface area contributed by atoms with Gasteiger partial charge in [-0.15, -0.1) is 6.58 Å². The molecule has 0 bridgehead atoms. The zero-order chi connectivity index (χ0) is 34.4. The minimum atomic E-state index is -4.62. The van der Waals surface area contributed by atoms with Crippen molar-refractivity contribution in [3.8, 4) is 16.9 Å². The van der Waals surface area contributed by atoms with Crippen molar-refractivity contribution < 1.29 is 35.5 Å². The summed E-state index contributed by atoms with van der Waals surface area (Å²) in [5.74, 6) is -4.75. The monoisotopic (exact) mass is 674 g/mol. The Hall–Kier alpha value is -3.29. The second kappa shape index (κ2) is 15.9. The third kappa shape index (κ3) is 8.46. The molecule has 0 unspecified atom stereocenters. The molecule has 1 nitrogen and oxygen atoms in total. The lowest BCUT2D eigenvalue weighted by Crippen LogP contribution is -2.25. The number of rotatable bonds is 13. The van der Waals surface area contributed by atoms with Gasteiger partial charge in [-0.2, -0.15) is 8.78 Å². The van der Waals surface area contributed by atoms with E-state index in [1.54, 1.807) is 6.07 Å². The highest BCUT2D eigenvalue weighted by atomic mass is 19.3. The van der Waals surface area contributed by atoms with E-state index in [0.29, 0.717) is 30.2 Å². The largest absolute Gasteiger partial charge is 0.432 e. The number of hydrogen-bond donors (Lipinski definition) is 0. The Morgan fingerprint density at radius 1 is 0.750 bits per heavy atom. The molecule has 3 aromatic carbocycles. The van der Waals surface area contributed by atoms with Crippen LogP contribution in [0.4, 0.5) is 30.7 Å². The Morgan fingerprint density at radius 3 is 1.92 bits per heavy atom. The van der Waals surface area contributed by atoms with Gasteiger partial charge in [0.25, 0.3) is 0 Å². The number of benzene rings is 3. The molecule has 0 radical (unpaired) electrons. The van der Waals surface area contributed by atoms with Crippen LogP contribution in [0.25, 0.3) is 11.1 Å². The highest BCUT2D eigenvalue weighted by Gasteiger charge is 2.42. The molecule has 260 valence electrons. The third-order valence-corrected chi connectivity index (χ3v) is 10.6. The number of unbranched alkanes of at least 4 members (excludes halogenated alkanes) is 2. The van der Waals surface area contributed by atoms with Gasteiger partial charge in [0.1, 0.15) is 40.4 Å². The molecule has 0 N–H and O–H groups in total. The minimum absolute atomic E-state index is 0.0543. The van der Waals surface area contributed by atoms with Gasteiger partial charge in [-0.3, -0.25) is 0 Å². The van der Waals surface area contributed by atoms with Gasteiger partial charge < -0.3 is 4.74 Å². The maximum atomic E-state index is 15.4. The van der Waals surface area contributed by atoms with E-state index in [1.807, 2.05) is 0 Å². The van der Waals surface area contributed by atoms with Gasteiger partial charge in [0.2, 0.25) is 0 Å². The molecular weight excluding hydrogens is 629 g/mol. The molecule has 2 aliphatic rings. The summed E-state index contributed by atoms with van der Waals surface area (Å²) in [7, 11) is 0. The van der Waals surface area contributed by atoms with Gasteiger partial charge in [-0.25, -0.2) is 22.0 Å². The van der Waals surface area contributed by atoms with E-state index in [-0.39, 0.29) is 35.4 Å². The molecule has 0 amide bonds. The highest BCUT2D eigenvalue weighted by Crippen LogP contribution is 2.45. The highest BCUT2D eigenvalue weighted by molar-refractivity contribution is 5.65. The van der Waals surface area contributed by atoms with Crippen molar-refractivity contribution in [2.75, 3.05) is 0 Å². The van der Waals surface area contributed by atoms with E-state index < -0.39 is 46.5 Å². The van der Waals surface area contributed by atoms with Crippen LogP contribution in [0.15, 0.2) is 55.1 Å². The van der Waals surface area contributed by atoms with E-state index in [9.17, 15) is 17.6 Å². The molecule has 0 saturated heterocycles. The summed E-state index contributed by atoms with van der Waals surface area (Å²) in [6, 6.07) is 6.83. The Morgan fingerprint density at radius 2 is 1.35 bits per heavy atom. The Labute approximate surface area is 279 Å². The van der Waals surface area contributed by atoms with Gasteiger partial charge in [0.05, 0.1) is 0 Å². The van der Waals surface area contributed by atoms with Crippen molar-refractivity contribution in [1.82, 2.24) is 0 Å². The lowest BCUT2D eigenvalue weighted by molar-refractivity contribution is -0.189.